The number of fused-ring (bicyclic) bond motifs is 1. The smallest absolute Gasteiger partial charge is 0.261 e. The molecule has 0 amide bonds. The summed E-state index contributed by atoms with van der Waals surface area (Å²) in [4.78, 5) is 28.6. The van der Waals surface area contributed by atoms with Crippen molar-refractivity contribution in [3.05, 3.63) is 51.8 Å². The topological polar surface area (TPSA) is 107 Å². The molecule has 0 saturated carbocycles. The number of hydrogen-bond acceptors (Lipinski definition) is 7. The van der Waals surface area contributed by atoms with Crippen molar-refractivity contribution >= 4 is 28.4 Å². The van der Waals surface area contributed by atoms with Crippen LogP contribution in [0, 0.1) is 11.3 Å². The minimum atomic E-state index is -0.422. The van der Waals surface area contributed by atoms with Gasteiger partial charge in [-0.25, -0.2) is 9.98 Å². The molecule has 0 aliphatic carbocycles. The number of benzene rings is 2. The van der Waals surface area contributed by atoms with Gasteiger partial charge in [0.05, 0.1) is 30.8 Å². The van der Waals surface area contributed by atoms with Gasteiger partial charge in [0, 0.05) is 33.8 Å². The van der Waals surface area contributed by atoms with Crippen molar-refractivity contribution in [1.29, 1.82) is 5.26 Å². The fraction of sp³-hybridized carbons (Fsp3) is 0.304. The summed E-state index contributed by atoms with van der Waals surface area (Å²) in [5.41, 5.74) is 1.87. The average molecular weight is 435 g/mol. The fourth-order valence-corrected chi connectivity index (χ4v) is 3.25. The zero-order valence-electron chi connectivity index (χ0n) is 19.1. The maximum Gasteiger partial charge on any atom is 0.261 e. The Morgan fingerprint density at radius 1 is 1.22 bits per heavy atom. The maximum absolute atomic E-state index is 12.9. The molecule has 2 aromatic carbocycles. The van der Waals surface area contributed by atoms with Crippen molar-refractivity contribution in [2.45, 2.75) is 13.5 Å². The lowest BCUT2D eigenvalue weighted by molar-refractivity contribution is 0.355. The van der Waals surface area contributed by atoms with Gasteiger partial charge in [-0.1, -0.05) is 12.1 Å². The summed E-state index contributed by atoms with van der Waals surface area (Å²) in [5, 5.41) is 9.76. The molecule has 166 valence electrons. The largest absolute Gasteiger partial charge is 0.493 e. The number of H-pyrrole nitrogens is 1. The number of amidine groups is 1. The Balaban J connectivity index is 2.00. The van der Waals surface area contributed by atoms with Crippen LogP contribution in [0.2, 0.25) is 0 Å². The van der Waals surface area contributed by atoms with Gasteiger partial charge in [0.2, 0.25) is 5.95 Å². The predicted molar refractivity (Wildman–Crippen MR) is 125 cm³/mol. The van der Waals surface area contributed by atoms with Crippen molar-refractivity contribution < 1.29 is 9.47 Å². The summed E-state index contributed by atoms with van der Waals surface area (Å²) >= 11 is 0. The van der Waals surface area contributed by atoms with E-state index >= 15 is 0 Å². The lowest BCUT2D eigenvalue weighted by Crippen LogP contribution is -2.23. The Morgan fingerprint density at radius 3 is 2.59 bits per heavy atom. The molecular weight excluding hydrogens is 408 g/mol. The van der Waals surface area contributed by atoms with Crippen molar-refractivity contribution in [2.75, 3.05) is 40.3 Å². The Kier molecular flexibility index (Phi) is 6.64. The van der Waals surface area contributed by atoms with E-state index < -0.39 is 5.56 Å². The van der Waals surface area contributed by atoms with Gasteiger partial charge in [-0.15, -0.1) is 0 Å². The molecule has 32 heavy (non-hydrogen) atoms. The second-order valence-electron chi connectivity index (χ2n) is 7.46. The molecule has 0 aliphatic heterocycles. The van der Waals surface area contributed by atoms with E-state index in [0.29, 0.717) is 23.8 Å². The summed E-state index contributed by atoms with van der Waals surface area (Å²) in [6, 6.07) is 11.5. The SMILES string of the molecule is COc1cc2nc(N(C)Cc3cccc(N=C(C)N(C)C)c3)[nH]c(=O)c2c(C#N)c1OC. The minimum absolute atomic E-state index is 0.0895. The minimum Gasteiger partial charge on any atom is -0.493 e. The van der Waals surface area contributed by atoms with E-state index in [1.165, 1.54) is 14.2 Å². The van der Waals surface area contributed by atoms with Gasteiger partial charge >= 0.3 is 0 Å². The third kappa shape index (κ3) is 4.49. The number of aromatic nitrogens is 2. The summed E-state index contributed by atoms with van der Waals surface area (Å²) in [7, 11) is 8.61. The van der Waals surface area contributed by atoms with Crippen LogP contribution in [0.25, 0.3) is 10.9 Å². The van der Waals surface area contributed by atoms with Crippen molar-refractivity contribution in [3.8, 4) is 17.6 Å². The third-order valence-corrected chi connectivity index (χ3v) is 5.07. The number of anilines is 1. The summed E-state index contributed by atoms with van der Waals surface area (Å²) in [5.74, 6) is 1.82. The van der Waals surface area contributed by atoms with E-state index in [1.807, 2.05) is 68.2 Å². The van der Waals surface area contributed by atoms with Crippen LogP contribution in [0.15, 0.2) is 40.1 Å². The monoisotopic (exact) mass is 434 g/mol. The average Bonchev–Trinajstić information content (AvgIpc) is 2.77. The second kappa shape index (κ2) is 9.39. The zero-order valence-corrected chi connectivity index (χ0v) is 19.1. The van der Waals surface area contributed by atoms with E-state index in [0.717, 1.165) is 17.1 Å². The Morgan fingerprint density at radius 2 is 1.97 bits per heavy atom. The lowest BCUT2D eigenvalue weighted by Gasteiger charge is -2.19. The number of nitrogens with one attached hydrogen (secondary N) is 1. The van der Waals surface area contributed by atoms with Crippen LogP contribution < -0.4 is 19.9 Å². The van der Waals surface area contributed by atoms with Gasteiger partial charge in [-0.05, 0) is 24.6 Å². The summed E-state index contributed by atoms with van der Waals surface area (Å²) in [6.07, 6.45) is 0. The van der Waals surface area contributed by atoms with Crippen LogP contribution >= 0.6 is 0 Å². The zero-order chi connectivity index (χ0) is 23.4. The standard InChI is InChI=1S/C23H26N6O3/c1-14(28(2)3)25-16-9-7-8-15(10-16)13-29(4)23-26-18-11-19(31-5)21(32-6)17(12-24)20(18)22(30)27-23/h7-11H,13H2,1-6H3,(H,26,27,30). The Hall–Kier alpha value is -4.06. The van der Waals surface area contributed by atoms with E-state index in [9.17, 15) is 10.1 Å². The molecule has 0 fully saturated rings. The van der Waals surface area contributed by atoms with Gasteiger partial charge in [-0.3, -0.25) is 9.78 Å². The van der Waals surface area contributed by atoms with E-state index in [4.69, 9.17) is 9.47 Å². The molecule has 0 radical (unpaired) electrons. The normalized spacial score (nSPS) is 11.2. The number of methoxy groups -OCH3 is 2. The lowest BCUT2D eigenvalue weighted by atomic mass is 10.1. The van der Waals surface area contributed by atoms with Crippen molar-refractivity contribution in [2.24, 2.45) is 4.99 Å². The first kappa shape index (κ1) is 22.6. The molecule has 1 heterocycles. The van der Waals surface area contributed by atoms with Gasteiger partial charge in [0.25, 0.3) is 5.56 Å². The Labute approximate surface area is 186 Å². The molecule has 0 spiro atoms. The van der Waals surface area contributed by atoms with E-state index in [2.05, 4.69) is 15.0 Å². The number of nitrogens with zero attached hydrogens (tertiary/aromatic N) is 5. The first-order chi connectivity index (χ1) is 15.3. The van der Waals surface area contributed by atoms with Gasteiger partial charge in [0.15, 0.2) is 11.5 Å². The molecule has 1 aromatic heterocycles. The molecule has 0 atom stereocenters. The van der Waals surface area contributed by atoms with Crippen molar-refractivity contribution in [1.82, 2.24) is 14.9 Å². The van der Waals surface area contributed by atoms with Gasteiger partial charge in [-0.2, -0.15) is 5.26 Å². The number of ether oxygens (including phenoxy) is 2. The predicted octanol–water partition coefficient (Wildman–Crippen LogP) is 3.06. The molecule has 9 nitrogen and oxygen atoms in total. The van der Waals surface area contributed by atoms with E-state index in [-0.39, 0.29) is 16.7 Å². The summed E-state index contributed by atoms with van der Waals surface area (Å²) in [6.45, 7) is 2.44. The quantitative estimate of drug-likeness (QED) is 0.469. The van der Waals surface area contributed by atoms with Crippen LogP contribution in [-0.4, -0.2) is 56.1 Å². The van der Waals surface area contributed by atoms with Gasteiger partial charge in [0.1, 0.15) is 17.5 Å². The van der Waals surface area contributed by atoms with Crippen LogP contribution in [-0.2, 0) is 6.54 Å². The number of aliphatic imine (C=N–C) groups is 1. The molecule has 3 aromatic rings. The highest BCUT2D eigenvalue weighted by molar-refractivity contribution is 5.89. The molecule has 0 bridgehead atoms. The van der Waals surface area contributed by atoms with Crippen LogP contribution in [0.5, 0.6) is 11.5 Å². The molecule has 0 aliphatic rings. The molecule has 1 N–H and O–H groups in total. The third-order valence-electron chi connectivity index (χ3n) is 5.07. The summed E-state index contributed by atoms with van der Waals surface area (Å²) < 4.78 is 10.6. The molecule has 0 unspecified atom stereocenters. The second-order valence-corrected chi connectivity index (χ2v) is 7.46. The first-order valence-electron chi connectivity index (χ1n) is 9.90. The highest BCUT2D eigenvalue weighted by Gasteiger charge is 2.20. The van der Waals surface area contributed by atoms with Crippen molar-refractivity contribution in [3.63, 3.8) is 0 Å². The Bertz CT molecular complexity index is 1270. The van der Waals surface area contributed by atoms with Crippen LogP contribution in [0.4, 0.5) is 11.6 Å². The van der Waals surface area contributed by atoms with E-state index in [1.54, 1.807) is 6.07 Å². The highest BCUT2D eigenvalue weighted by atomic mass is 16.5. The fourth-order valence-electron chi connectivity index (χ4n) is 3.25. The number of nitriles is 1. The molecular formula is C23H26N6O3. The first-order valence-corrected chi connectivity index (χ1v) is 9.90. The number of rotatable bonds is 6. The number of hydrogen-bond donors (Lipinski definition) is 1. The maximum atomic E-state index is 12.9. The van der Waals surface area contributed by atoms with Crippen LogP contribution in [0.1, 0.15) is 18.1 Å². The highest BCUT2D eigenvalue weighted by Crippen LogP contribution is 2.35. The van der Waals surface area contributed by atoms with Crippen LogP contribution in [0.3, 0.4) is 0 Å². The molecule has 3 rings (SSSR count). The number of aromatic amines is 1. The molecule has 9 heteroatoms. The van der Waals surface area contributed by atoms with Gasteiger partial charge < -0.3 is 19.3 Å². The molecule has 0 saturated heterocycles.